The largest absolute Gasteiger partial charge is 0.497 e. The topological polar surface area (TPSA) is 84.3 Å². The van der Waals surface area contributed by atoms with Crippen molar-refractivity contribution in [1.82, 2.24) is 15.1 Å². The van der Waals surface area contributed by atoms with Crippen molar-refractivity contribution in [2.24, 2.45) is 0 Å². The molecule has 0 unspecified atom stereocenters. The zero-order chi connectivity index (χ0) is 27.7. The van der Waals surface area contributed by atoms with E-state index in [2.05, 4.69) is 36.2 Å². The Balaban J connectivity index is 0.000000214. The number of ether oxygens (including phenoxy) is 2. The molecule has 1 aromatic heterocycles. The minimum Gasteiger partial charge on any atom is -0.497 e. The van der Waals surface area contributed by atoms with Gasteiger partial charge in [-0.2, -0.15) is 0 Å². The molecule has 2 fully saturated rings. The van der Waals surface area contributed by atoms with Crippen LogP contribution in [0.4, 0.5) is 4.79 Å². The lowest BCUT2D eigenvalue weighted by Gasteiger charge is -2.41. The Hall–Kier alpha value is -3.52. The van der Waals surface area contributed by atoms with Crippen molar-refractivity contribution in [3.63, 3.8) is 0 Å². The third-order valence-corrected chi connectivity index (χ3v) is 8.55. The van der Waals surface area contributed by atoms with Gasteiger partial charge in [0, 0.05) is 40.6 Å². The van der Waals surface area contributed by atoms with Crippen LogP contribution in [-0.2, 0) is 6.54 Å². The average Bonchev–Trinajstić information content (AvgIpc) is 3.32. The summed E-state index contributed by atoms with van der Waals surface area (Å²) in [7, 11) is 3.36. The lowest BCUT2D eigenvalue weighted by atomic mass is 9.82. The molecular formula is C31H39N3O5. The third-order valence-electron chi connectivity index (χ3n) is 8.55. The molecule has 3 aliphatic heterocycles. The minimum atomic E-state index is -0.190. The fourth-order valence-electron chi connectivity index (χ4n) is 6.63. The first-order chi connectivity index (χ1) is 18.9. The number of fused-ring (bicyclic) bond motifs is 4. The molecule has 1 N–H and O–H groups in total. The number of urea groups is 1. The van der Waals surface area contributed by atoms with Crippen molar-refractivity contribution in [1.29, 1.82) is 0 Å². The number of hydrogen-bond acceptors (Lipinski definition) is 6. The summed E-state index contributed by atoms with van der Waals surface area (Å²) < 4.78 is 16.5. The number of allylic oxidation sites excluding steroid dienone is 1. The van der Waals surface area contributed by atoms with Gasteiger partial charge in [0.1, 0.15) is 16.9 Å². The molecule has 1 atom stereocenters. The van der Waals surface area contributed by atoms with E-state index >= 15 is 0 Å². The fourth-order valence-corrected chi connectivity index (χ4v) is 6.63. The van der Waals surface area contributed by atoms with Crippen LogP contribution in [0.5, 0.6) is 11.5 Å². The molecule has 0 saturated carbocycles. The fraction of sp³-hybridized carbons (Fsp3) is 0.484. The van der Waals surface area contributed by atoms with Crippen molar-refractivity contribution in [3.05, 3.63) is 57.0 Å². The summed E-state index contributed by atoms with van der Waals surface area (Å²) in [6, 6.07) is 4.10. The Labute approximate surface area is 229 Å². The van der Waals surface area contributed by atoms with Crippen molar-refractivity contribution in [2.75, 3.05) is 33.9 Å². The van der Waals surface area contributed by atoms with Gasteiger partial charge in [0.15, 0.2) is 12.0 Å². The van der Waals surface area contributed by atoms with E-state index in [0.717, 1.165) is 90.4 Å². The van der Waals surface area contributed by atoms with Crippen LogP contribution in [0.25, 0.3) is 12.2 Å². The van der Waals surface area contributed by atoms with Gasteiger partial charge in [0.2, 0.25) is 0 Å². The number of nitrogens with zero attached hydrogens (tertiary/aromatic N) is 2. The highest BCUT2D eigenvalue weighted by Gasteiger charge is 2.54. The number of carbonyl (C=O) groups excluding carboxylic acids is 2. The highest BCUT2D eigenvalue weighted by molar-refractivity contribution is 5.83. The molecule has 0 bridgehead atoms. The lowest BCUT2D eigenvalue weighted by Crippen LogP contribution is -2.52. The van der Waals surface area contributed by atoms with Crippen molar-refractivity contribution < 1.29 is 23.5 Å². The van der Waals surface area contributed by atoms with E-state index in [9.17, 15) is 9.59 Å². The first-order valence-electron chi connectivity index (χ1n) is 13.9. The number of aldehydes is 1. The van der Waals surface area contributed by atoms with E-state index in [4.69, 9.17) is 13.9 Å². The highest BCUT2D eigenvalue weighted by Crippen LogP contribution is 2.48. The maximum absolute atomic E-state index is 13.4. The maximum Gasteiger partial charge on any atom is 0.325 e. The predicted molar refractivity (Wildman–Crippen MR) is 150 cm³/mol. The summed E-state index contributed by atoms with van der Waals surface area (Å²) in [6.07, 6.45) is 11.2. The smallest absolute Gasteiger partial charge is 0.325 e. The van der Waals surface area contributed by atoms with Gasteiger partial charge in [-0.05, 0) is 70.3 Å². The van der Waals surface area contributed by atoms with Gasteiger partial charge >= 0.3 is 6.03 Å². The van der Waals surface area contributed by atoms with Crippen LogP contribution in [0.2, 0.25) is 0 Å². The number of furan rings is 1. The molecule has 4 heterocycles. The Kier molecular flexibility index (Phi) is 7.58. The Morgan fingerprint density at radius 3 is 2.54 bits per heavy atom. The standard InChI is InChI=1S/C21H29N3O3.C10H10O2/c1-5-24-20(25)23-13-15-11-16(26-3)12-17(27-4)19(15)14(2)10-18(23)21(24)6-8-22-9-7-21;1-7-8-4-2-3-5-9(8)12-10(7)6-11/h10-12,14,22H,5-9,13H2,1-4H3;4-6H,2-3H2,1H3/t14-;/m0./s1. The second kappa shape index (κ2) is 10.9. The van der Waals surface area contributed by atoms with Crippen LogP contribution in [-0.4, -0.2) is 61.5 Å². The zero-order valence-corrected chi connectivity index (χ0v) is 23.6. The van der Waals surface area contributed by atoms with Gasteiger partial charge in [-0.25, -0.2) is 4.79 Å². The van der Waals surface area contributed by atoms with E-state index in [-0.39, 0.29) is 17.5 Å². The van der Waals surface area contributed by atoms with Crippen molar-refractivity contribution in [3.8, 4) is 11.5 Å². The van der Waals surface area contributed by atoms with Crippen LogP contribution in [0.3, 0.4) is 0 Å². The van der Waals surface area contributed by atoms with Crippen molar-refractivity contribution in [2.45, 2.75) is 64.5 Å². The number of likely N-dealkylation sites (N-methyl/N-ethyl adjacent to an activating group) is 1. The molecule has 2 aromatic rings. The molecule has 39 heavy (non-hydrogen) atoms. The molecule has 8 heteroatoms. The number of piperidine rings is 1. The second-order valence-corrected chi connectivity index (χ2v) is 10.6. The zero-order valence-electron chi connectivity index (χ0n) is 23.6. The quantitative estimate of drug-likeness (QED) is 0.602. The minimum absolute atomic E-state index is 0.118. The summed E-state index contributed by atoms with van der Waals surface area (Å²) in [5.41, 5.74) is 5.06. The molecule has 1 spiro atoms. The number of carbonyl (C=O) groups is 2. The van der Waals surface area contributed by atoms with Crippen LogP contribution < -0.4 is 25.4 Å². The first-order valence-corrected chi connectivity index (χ1v) is 13.9. The van der Waals surface area contributed by atoms with E-state index in [1.54, 1.807) is 14.2 Å². The van der Waals surface area contributed by atoms with Gasteiger partial charge in [0.05, 0.1) is 26.3 Å². The second-order valence-electron chi connectivity index (χ2n) is 10.6. The molecule has 4 aliphatic rings. The molecule has 1 aromatic carbocycles. The van der Waals surface area contributed by atoms with E-state index in [1.807, 2.05) is 30.0 Å². The monoisotopic (exact) mass is 533 g/mol. The van der Waals surface area contributed by atoms with Gasteiger partial charge in [-0.3, -0.25) is 9.69 Å². The SMILES string of the molecule is CCN1C(=O)N2Cc3cc(OC)cc(OC)c3[C@@H](C)C=C2C12CCNCC2.Cc1c(C=O)oc2c1=CCCC=2. The van der Waals surface area contributed by atoms with Crippen LogP contribution in [0.15, 0.2) is 28.3 Å². The van der Waals surface area contributed by atoms with Crippen LogP contribution >= 0.6 is 0 Å². The highest BCUT2D eigenvalue weighted by atomic mass is 16.5. The van der Waals surface area contributed by atoms with Gasteiger partial charge < -0.3 is 24.1 Å². The Bertz CT molecular complexity index is 1420. The summed E-state index contributed by atoms with van der Waals surface area (Å²) in [5.74, 6) is 2.22. The van der Waals surface area contributed by atoms with E-state index < -0.39 is 0 Å². The summed E-state index contributed by atoms with van der Waals surface area (Å²) >= 11 is 0. The van der Waals surface area contributed by atoms with Crippen molar-refractivity contribution >= 4 is 24.5 Å². The third kappa shape index (κ3) is 4.54. The summed E-state index contributed by atoms with van der Waals surface area (Å²) in [6.45, 7) is 9.36. The summed E-state index contributed by atoms with van der Waals surface area (Å²) in [5, 5.41) is 4.55. The van der Waals surface area contributed by atoms with Gasteiger partial charge in [0.25, 0.3) is 0 Å². The molecule has 8 nitrogen and oxygen atoms in total. The molecule has 2 saturated heterocycles. The van der Waals surface area contributed by atoms with E-state index in [1.165, 1.54) is 5.70 Å². The molecule has 208 valence electrons. The normalized spacial score (nSPS) is 20.8. The number of methoxy groups -OCH3 is 2. The number of amides is 2. The Morgan fingerprint density at radius 1 is 1.15 bits per heavy atom. The van der Waals surface area contributed by atoms with Gasteiger partial charge in [-0.15, -0.1) is 0 Å². The number of hydrogen-bond donors (Lipinski definition) is 1. The molecule has 6 rings (SSSR count). The van der Waals surface area contributed by atoms with Gasteiger partial charge in [-0.1, -0.05) is 19.1 Å². The maximum atomic E-state index is 13.4. The van der Waals surface area contributed by atoms with Crippen LogP contribution in [0, 0.1) is 6.92 Å². The van der Waals surface area contributed by atoms with Crippen LogP contribution in [0.1, 0.15) is 72.7 Å². The predicted octanol–water partition coefficient (Wildman–Crippen LogP) is 3.84. The number of nitrogens with one attached hydrogen (secondary N) is 1. The first kappa shape index (κ1) is 27.1. The Morgan fingerprint density at radius 2 is 1.90 bits per heavy atom. The summed E-state index contributed by atoms with van der Waals surface area (Å²) in [4.78, 5) is 27.9. The average molecular weight is 534 g/mol. The number of rotatable bonds is 4. The molecule has 2 amide bonds. The molecular weight excluding hydrogens is 494 g/mol. The van der Waals surface area contributed by atoms with E-state index in [0.29, 0.717) is 12.3 Å². The number of benzene rings is 1. The molecule has 1 aliphatic carbocycles. The lowest BCUT2D eigenvalue weighted by molar-refractivity contribution is 0.109. The molecule has 0 radical (unpaired) electrons.